The fraction of sp³-hybridized carbons (Fsp3) is 0.182. The smallest absolute Gasteiger partial charge is 0.124 e. The molecule has 0 aliphatic rings. The van der Waals surface area contributed by atoms with E-state index in [0.29, 0.717) is 6.61 Å². The summed E-state index contributed by atoms with van der Waals surface area (Å²) in [5, 5.41) is 1.08. The van der Waals surface area contributed by atoms with E-state index >= 15 is 0 Å². The van der Waals surface area contributed by atoms with Gasteiger partial charge in [-0.2, -0.15) is 0 Å². The predicted octanol–water partition coefficient (Wildman–Crippen LogP) is 3.64. The molecule has 78 valence electrons. The Morgan fingerprint density at radius 2 is 2.07 bits per heavy atom. The third-order valence-electron chi connectivity index (χ3n) is 1.86. The van der Waals surface area contributed by atoms with Crippen LogP contribution in [-0.4, -0.2) is 4.98 Å². The van der Waals surface area contributed by atoms with Crippen LogP contribution in [0.1, 0.15) is 9.88 Å². The van der Waals surface area contributed by atoms with Crippen LogP contribution in [0.2, 0.25) is 0 Å². The number of benzene rings is 1. The molecule has 0 unspecified atom stereocenters. The molecule has 2 rings (SSSR count). The summed E-state index contributed by atoms with van der Waals surface area (Å²) in [6.07, 6.45) is 1.87. The summed E-state index contributed by atoms with van der Waals surface area (Å²) in [7, 11) is 0. The van der Waals surface area contributed by atoms with Crippen molar-refractivity contribution in [3.63, 3.8) is 0 Å². The van der Waals surface area contributed by atoms with Crippen molar-refractivity contribution in [1.82, 2.24) is 4.98 Å². The maximum atomic E-state index is 5.63. The lowest BCUT2D eigenvalue weighted by atomic mass is 10.3. The van der Waals surface area contributed by atoms with Crippen molar-refractivity contribution in [3.05, 3.63) is 43.9 Å². The van der Waals surface area contributed by atoms with Gasteiger partial charge in [0.15, 0.2) is 0 Å². The summed E-state index contributed by atoms with van der Waals surface area (Å²) < 4.78 is 6.84. The number of thiazole rings is 1. The molecule has 0 spiro atoms. The summed E-state index contributed by atoms with van der Waals surface area (Å²) >= 11 is 3.95. The molecule has 0 atom stereocenters. The van der Waals surface area contributed by atoms with Gasteiger partial charge in [-0.25, -0.2) is 4.98 Å². The number of aromatic nitrogens is 1. The van der Waals surface area contributed by atoms with Crippen molar-refractivity contribution < 1.29 is 4.74 Å². The molecule has 1 aromatic heterocycles. The summed E-state index contributed by atoms with van der Waals surface area (Å²) in [6, 6.07) is 8.03. The molecule has 1 aromatic carbocycles. The van der Waals surface area contributed by atoms with Gasteiger partial charge in [0.1, 0.15) is 12.4 Å². The molecule has 0 radical (unpaired) electrons. The summed E-state index contributed by atoms with van der Waals surface area (Å²) in [5.41, 5.74) is 0. The monoisotopic (exact) mass is 331 g/mol. The van der Waals surface area contributed by atoms with Gasteiger partial charge in [-0.05, 0) is 53.8 Å². The SMILES string of the molecule is Cc1ncc(COc2ccc(I)cc2)s1. The molecule has 0 aliphatic carbocycles. The first-order valence-corrected chi connectivity index (χ1v) is 6.43. The molecular formula is C11H10INOS. The van der Waals surface area contributed by atoms with Gasteiger partial charge >= 0.3 is 0 Å². The van der Waals surface area contributed by atoms with Crippen molar-refractivity contribution in [2.24, 2.45) is 0 Å². The van der Waals surface area contributed by atoms with Gasteiger partial charge in [0.25, 0.3) is 0 Å². The number of rotatable bonds is 3. The van der Waals surface area contributed by atoms with E-state index in [-0.39, 0.29) is 0 Å². The lowest BCUT2D eigenvalue weighted by molar-refractivity contribution is 0.309. The first-order valence-electron chi connectivity index (χ1n) is 4.54. The van der Waals surface area contributed by atoms with Crippen molar-refractivity contribution in [3.8, 4) is 5.75 Å². The highest BCUT2D eigenvalue weighted by Crippen LogP contribution is 2.17. The van der Waals surface area contributed by atoms with E-state index in [1.165, 1.54) is 3.57 Å². The molecule has 0 amide bonds. The lowest BCUT2D eigenvalue weighted by Gasteiger charge is -2.03. The van der Waals surface area contributed by atoms with Crippen LogP contribution in [0.5, 0.6) is 5.75 Å². The van der Waals surface area contributed by atoms with Crippen LogP contribution in [0.25, 0.3) is 0 Å². The van der Waals surface area contributed by atoms with Gasteiger partial charge in [0.05, 0.1) is 9.88 Å². The standard InChI is InChI=1S/C11H10INOS/c1-8-13-6-11(15-8)7-14-10-4-2-9(12)3-5-10/h2-6H,7H2,1H3. The van der Waals surface area contributed by atoms with Crippen molar-refractivity contribution in [2.45, 2.75) is 13.5 Å². The molecule has 0 aliphatic heterocycles. The highest BCUT2D eigenvalue weighted by Gasteiger charge is 1.99. The van der Waals surface area contributed by atoms with Crippen LogP contribution in [0, 0.1) is 10.5 Å². The molecule has 1 heterocycles. The Bertz CT molecular complexity index is 438. The second-order valence-electron chi connectivity index (χ2n) is 3.09. The Kier molecular flexibility index (Phi) is 3.58. The summed E-state index contributed by atoms with van der Waals surface area (Å²) in [5.74, 6) is 0.904. The van der Waals surface area contributed by atoms with Gasteiger partial charge in [0, 0.05) is 9.77 Å². The number of aryl methyl sites for hydroxylation is 1. The zero-order chi connectivity index (χ0) is 10.7. The normalized spacial score (nSPS) is 10.3. The third kappa shape index (κ3) is 3.17. The fourth-order valence-electron chi connectivity index (χ4n) is 1.16. The molecule has 0 fully saturated rings. The minimum absolute atomic E-state index is 0.603. The van der Waals surface area contributed by atoms with Crippen LogP contribution in [0.3, 0.4) is 0 Å². The van der Waals surface area contributed by atoms with Gasteiger partial charge in [-0.1, -0.05) is 0 Å². The minimum Gasteiger partial charge on any atom is -0.488 e. The first kappa shape index (κ1) is 10.9. The highest BCUT2D eigenvalue weighted by molar-refractivity contribution is 14.1. The van der Waals surface area contributed by atoms with E-state index < -0.39 is 0 Å². The zero-order valence-corrected chi connectivity index (χ0v) is 11.2. The molecule has 0 N–H and O–H groups in total. The number of hydrogen-bond donors (Lipinski definition) is 0. The number of halogens is 1. The van der Waals surface area contributed by atoms with Crippen molar-refractivity contribution in [2.75, 3.05) is 0 Å². The molecule has 4 heteroatoms. The molecule has 0 saturated heterocycles. The van der Waals surface area contributed by atoms with E-state index in [9.17, 15) is 0 Å². The molecule has 2 aromatic rings. The Hall–Kier alpha value is -0.620. The largest absolute Gasteiger partial charge is 0.488 e. The van der Waals surface area contributed by atoms with Crippen molar-refractivity contribution in [1.29, 1.82) is 0 Å². The first-order chi connectivity index (χ1) is 7.24. The Labute approximate surface area is 106 Å². The van der Waals surface area contributed by atoms with Gasteiger partial charge in [-0.3, -0.25) is 0 Å². The van der Waals surface area contributed by atoms with Crippen LogP contribution in [-0.2, 0) is 6.61 Å². The number of ether oxygens (including phenoxy) is 1. The predicted molar refractivity (Wildman–Crippen MR) is 70.3 cm³/mol. The topological polar surface area (TPSA) is 22.1 Å². The Morgan fingerprint density at radius 3 is 2.67 bits per heavy atom. The Balaban J connectivity index is 1.96. The molecule has 15 heavy (non-hydrogen) atoms. The van der Waals surface area contributed by atoms with E-state index in [4.69, 9.17) is 4.74 Å². The second-order valence-corrected chi connectivity index (χ2v) is 5.65. The van der Waals surface area contributed by atoms with E-state index in [1.54, 1.807) is 11.3 Å². The maximum Gasteiger partial charge on any atom is 0.124 e. The van der Waals surface area contributed by atoms with Crippen molar-refractivity contribution >= 4 is 33.9 Å². The van der Waals surface area contributed by atoms with Crippen LogP contribution < -0.4 is 4.74 Å². The van der Waals surface area contributed by atoms with E-state index in [2.05, 4.69) is 27.6 Å². The van der Waals surface area contributed by atoms with Gasteiger partial charge < -0.3 is 4.74 Å². The van der Waals surface area contributed by atoms with Gasteiger partial charge in [-0.15, -0.1) is 11.3 Å². The summed E-state index contributed by atoms with van der Waals surface area (Å²) in [4.78, 5) is 5.34. The average Bonchev–Trinajstić information content (AvgIpc) is 2.64. The Morgan fingerprint density at radius 1 is 1.33 bits per heavy atom. The van der Waals surface area contributed by atoms with E-state index in [1.807, 2.05) is 37.4 Å². The molecule has 2 nitrogen and oxygen atoms in total. The number of hydrogen-bond acceptors (Lipinski definition) is 3. The van der Waals surface area contributed by atoms with Crippen LogP contribution in [0.4, 0.5) is 0 Å². The zero-order valence-electron chi connectivity index (χ0n) is 8.24. The minimum atomic E-state index is 0.603. The molecule has 0 saturated carbocycles. The van der Waals surface area contributed by atoms with Gasteiger partial charge in [0.2, 0.25) is 0 Å². The fourth-order valence-corrected chi connectivity index (χ4v) is 2.23. The average molecular weight is 331 g/mol. The third-order valence-corrected chi connectivity index (χ3v) is 3.47. The summed E-state index contributed by atoms with van der Waals surface area (Å²) in [6.45, 7) is 2.60. The molecular weight excluding hydrogens is 321 g/mol. The quantitative estimate of drug-likeness (QED) is 0.801. The van der Waals surface area contributed by atoms with Crippen LogP contribution in [0.15, 0.2) is 30.5 Å². The highest BCUT2D eigenvalue weighted by atomic mass is 127. The number of nitrogens with zero attached hydrogens (tertiary/aromatic N) is 1. The lowest BCUT2D eigenvalue weighted by Crippen LogP contribution is -1.92. The maximum absolute atomic E-state index is 5.63. The van der Waals surface area contributed by atoms with Crippen LogP contribution >= 0.6 is 33.9 Å². The molecule has 0 bridgehead atoms. The van der Waals surface area contributed by atoms with E-state index in [0.717, 1.165) is 15.6 Å². The second kappa shape index (κ2) is 4.94.